The molecule has 2 aromatic carbocycles. The molecule has 2 amide bonds. The Morgan fingerprint density at radius 2 is 1.92 bits per heavy atom. The Morgan fingerprint density at radius 3 is 2.61 bits per heavy atom. The maximum absolute atomic E-state index is 14.7. The van der Waals surface area contributed by atoms with Gasteiger partial charge in [-0.05, 0) is 67.1 Å². The number of rotatable bonds is 5. The normalized spacial score (nSPS) is 22.1. The van der Waals surface area contributed by atoms with Crippen LogP contribution < -0.4 is 0 Å². The van der Waals surface area contributed by atoms with Gasteiger partial charge in [0.2, 0.25) is 0 Å². The van der Waals surface area contributed by atoms with Crippen molar-refractivity contribution in [1.82, 2.24) is 19.6 Å². The lowest BCUT2D eigenvalue weighted by Gasteiger charge is -2.23. The third-order valence-electron chi connectivity index (χ3n) is 6.79. The molecule has 5 rings (SSSR count). The number of aromatic nitrogens is 2. The summed E-state index contributed by atoms with van der Waals surface area (Å²) < 4.78 is 56.7. The number of imide groups is 1. The van der Waals surface area contributed by atoms with Gasteiger partial charge in [-0.2, -0.15) is 18.3 Å². The molecule has 1 aromatic heterocycles. The van der Waals surface area contributed by atoms with E-state index in [-0.39, 0.29) is 34.6 Å². The lowest BCUT2D eigenvalue weighted by Crippen LogP contribution is -2.44. The minimum atomic E-state index is -4.56. The van der Waals surface area contributed by atoms with Gasteiger partial charge < -0.3 is 0 Å². The zero-order valence-corrected chi connectivity index (χ0v) is 21.9. The van der Waals surface area contributed by atoms with Crippen LogP contribution >= 0.6 is 23.4 Å². The molecule has 2 saturated heterocycles. The Bertz CT molecular complexity index is 1450. The highest BCUT2D eigenvalue weighted by Crippen LogP contribution is 2.37. The highest BCUT2D eigenvalue weighted by Gasteiger charge is 2.47. The molecule has 12 heteroatoms. The van der Waals surface area contributed by atoms with Gasteiger partial charge in [0.1, 0.15) is 6.17 Å². The maximum Gasteiger partial charge on any atom is 0.416 e. The highest BCUT2D eigenvalue weighted by atomic mass is 35.5. The van der Waals surface area contributed by atoms with Crippen molar-refractivity contribution in [1.29, 1.82) is 0 Å². The van der Waals surface area contributed by atoms with E-state index in [1.807, 2.05) is 18.7 Å². The lowest BCUT2D eigenvalue weighted by molar-refractivity contribution is -0.138. The Hall–Kier alpha value is -2.89. The number of hydrogen-bond donors (Lipinski definition) is 0. The average Bonchev–Trinajstić information content (AvgIpc) is 3.50. The second-order valence-corrected chi connectivity index (χ2v) is 11.0. The van der Waals surface area contributed by atoms with Gasteiger partial charge in [0, 0.05) is 29.5 Å². The van der Waals surface area contributed by atoms with Gasteiger partial charge >= 0.3 is 6.18 Å². The first-order chi connectivity index (χ1) is 17.9. The van der Waals surface area contributed by atoms with Crippen molar-refractivity contribution in [2.24, 2.45) is 0 Å². The van der Waals surface area contributed by atoms with Crippen LogP contribution in [0.15, 0.2) is 47.5 Å². The lowest BCUT2D eigenvalue weighted by atomic mass is 10.1. The van der Waals surface area contributed by atoms with Crippen LogP contribution in [-0.4, -0.2) is 62.1 Å². The van der Waals surface area contributed by atoms with Crippen molar-refractivity contribution in [2.45, 2.75) is 44.8 Å². The maximum atomic E-state index is 14.7. The number of carbonyl (C=O) groups excluding carboxylic acids is 2. The molecule has 2 aliphatic heterocycles. The van der Waals surface area contributed by atoms with E-state index >= 15 is 0 Å². The number of likely N-dealkylation sites (tertiary alicyclic amines) is 1. The molecule has 200 valence electrons. The van der Waals surface area contributed by atoms with Crippen LogP contribution in [0.4, 0.5) is 22.4 Å². The molecule has 38 heavy (non-hydrogen) atoms. The van der Waals surface area contributed by atoms with E-state index in [0.717, 1.165) is 22.7 Å². The highest BCUT2D eigenvalue weighted by molar-refractivity contribution is 8.18. The second kappa shape index (κ2) is 10.0. The molecule has 3 heterocycles. The summed E-state index contributed by atoms with van der Waals surface area (Å²) in [5, 5.41) is 4.38. The van der Waals surface area contributed by atoms with Crippen molar-refractivity contribution in [3.8, 4) is 0 Å². The quantitative estimate of drug-likeness (QED) is 0.271. The van der Waals surface area contributed by atoms with E-state index in [1.165, 1.54) is 23.0 Å². The standard InChI is InChI=1S/C26H23ClF4N4O2S/c1-14(2)33-12-20(28)22(13-33)35-24(36)23(38-25(35)37)8-15-3-6-21-17(7-15)10-32-34(21)11-16-4-5-18(27)9-19(16)26(29,30)31/h3-10,14,20,22H,11-13H2,1-2H3/t20-,22?/m0/s1. The van der Waals surface area contributed by atoms with E-state index in [9.17, 15) is 27.2 Å². The number of thioether (sulfide) groups is 1. The van der Waals surface area contributed by atoms with Crippen LogP contribution in [0, 0.1) is 0 Å². The third kappa shape index (κ3) is 5.06. The van der Waals surface area contributed by atoms with Crippen molar-refractivity contribution in [3.63, 3.8) is 0 Å². The fraction of sp³-hybridized carbons (Fsp3) is 0.346. The van der Waals surface area contributed by atoms with Crippen LogP contribution in [0.5, 0.6) is 0 Å². The number of hydrogen-bond acceptors (Lipinski definition) is 5. The largest absolute Gasteiger partial charge is 0.416 e. The molecule has 0 bridgehead atoms. The predicted molar refractivity (Wildman–Crippen MR) is 138 cm³/mol. The smallest absolute Gasteiger partial charge is 0.296 e. The van der Waals surface area contributed by atoms with Gasteiger partial charge in [0.05, 0.1) is 34.8 Å². The molecule has 2 aliphatic rings. The zero-order valence-electron chi connectivity index (χ0n) is 20.4. The van der Waals surface area contributed by atoms with Gasteiger partial charge in [-0.1, -0.05) is 23.7 Å². The van der Waals surface area contributed by atoms with E-state index in [2.05, 4.69) is 5.10 Å². The summed E-state index contributed by atoms with van der Waals surface area (Å²) in [4.78, 5) is 28.8. The first-order valence-electron chi connectivity index (χ1n) is 11.9. The summed E-state index contributed by atoms with van der Waals surface area (Å²) in [5.41, 5.74) is 0.407. The van der Waals surface area contributed by atoms with Crippen LogP contribution in [0.1, 0.15) is 30.5 Å². The first-order valence-corrected chi connectivity index (χ1v) is 13.1. The van der Waals surface area contributed by atoms with E-state index < -0.39 is 35.1 Å². The topological polar surface area (TPSA) is 58.4 Å². The molecular formula is C26H23ClF4N4O2S. The number of fused-ring (bicyclic) bond motifs is 1. The number of amides is 2. The third-order valence-corrected chi connectivity index (χ3v) is 7.91. The number of benzene rings is 2. The average molecular weight is 567 g/mol. The number of halogens is 5. The van der Waals surface area contributed by atoms with Gasteiger partial charge in [0.15, 0.2) is 0 Å². The molecule has 0 aliphatic carbocycles. The Kier molecular flexibility index (Phi) is 7.04. The Balaban J connectivity index is 1.38. The molecule has 2 atom stereocenters. The predicted octanol–water partition coefficient (Wildman–Crippen LogP) is 6.22. The van der Waals surface area contributed by atoms with Crippen molar-refractivity contribution in [2.75, 3.05) is 13.1 Å². The minimum absolute atomic E-state index is 0.00679. The van der Waals surface area contributed by atoms with Crippen LogP contribution in [0.3, 0.4) is 0 Å². The summed E-state index contributed by atoms with van der Waals surface area (Å²) >= 11 is 6.55. The SMILES string of the molecule is CC(C)N1CC(N2C(=O)SC(=Cc3ccc4c(cnn4Cc4ccc(Cl)cc4C(F)(F)F)c3)C2=O)[C@@H](F)C1. The van der Waals surface area contributed by atoms with Crippen molar-refractivity contribution < 1.29 is 27.2 Å². The Labute approximate surface area is 225 Å². The molecule has 0 spiro atoms. The second-order valence-electron chi connectivity index (χ2n) is 9.60. The molecule has 0 saturated carbocycles. The molecule has 3 aromatic rings. The van der Waals surface area contributed by atoms with Crippen LogP contribution in [0.25, 0.3) is 17.0 Å². The monoisotopic (exact) mass is 566 g/mol. The van der Waals surface area contributed by atoms with Gasteiger partial charge in [-0.3, -0.25) is 24.1 Å². The molecule has 0 N–H and O–H groups in total. The summed E-state index contributed by atoms with van der Waals surface area (Å²) in [6.07, 6.45) is -2.79. The Morgan fingerprint density at radius 1 is 1.16 bits per heavy atom. The van der Waals surface area contributed by atoms with E-state index in [0.29, 0.717) is 23.0 Å². The minimum Gasteiger partial charge on any atom is -0.296 e. The molecular weight excluding hydrogens is 544 g/mol. The number of carbonyl (C=O) groups is 2. The van der Waals surface area contributed by atoms with Gasteiger partial charge in [0.25, 0.3) is 11.1 Å². The first kappa shape index (κ1) is 26.7. The van der Waals surface area contributed by atoms with E-state index in [4.69, 9.17) is 11.6 Å². The van der Waals surface area contributed by atoms with Crippen molar-refractivity contribution in [3.05, 3.63) is 69.2 Å². The molecule has 0 radical (unpaired) electrons. The van der Waals surface area contributed by atoms with Crippen molar-refractivity contribution >= 4 is 51.5 Å². The number of nitrogens with zero attached hydrogens (tertiary/aromatic N) is 4. The zero-order chi connectivity index (χ0) is 27.4. The molecule has 1 unspecified atom stereocenters. The molecule has 6 nitrogen and oxygen atoms in total. The summed E-state index contributed by atoms with van der Waals surface area (Å²) in [6, 6.07) is 8.01. The fourth-order valence-corrected chi connectivity index (χ4v) is 5.85. The van der Waals surface area contributed by atoms with Crippen LogP contribution in [-0.2, 0) is 17.5 Å². The van der Waals surface area contributed by atoms with Gasteiger partial charge in [-0.25, -0.2) is 4.39 Å². The van der Waals surface area contributed by atoms with Crippen LogP contribution in [0.2, 0.25) is 5.02 Å². The van der Waals surface area contributed by atoms with E-state index in [1.54, 1.807) is 24.3 Å². The fourth-order valence-electron chi connectivity index (χ4n) is 4.79. The summed E-state index contributed by atoms with van der Waals surface area (Å²) in [6.45, 7) is 4.22. The number of alkyl halides is 4. The summed E-state index contributed by atoms with van der Waals surface area (Å²) in [7, 11) is 0. The molecule has 2 fully saturated rings. The van der Waals surface area contributed by atoms with Gasteiger partial charge in [-0.15, -0.1) is 0 Å². The summed E-state index contributed by atoms with van der Waals surface area (Å²) in [5.74, 6) is -0.531.